The van der Waals surface area contributed by atoms with Crippen LogP contribution in [0.25, 0.3) is 0 Å². The highest BCUT2D eigenvalue weighted by molar-refractivity contribution is 5.75. The number of phenolic OH excluding ortho intramolecular Hbond substituents is 1. The van der Waals surface area contributed by atoms with E-state index in [9.17, 15) is 9.90 Å². The Morgan fingerprint density at radius 3 is 2.46 bits per heavy atom. The van der Waals surface area contributed by atoms with E-state index >= 15 is 0 Å². The zero-order valence-electron chi connectivity index (χ0n) is 14.0. The molecule has 0 aromatic heterocycles. The standard InChI is InChI=1S/C19H25N3O2/c1-2-22(10-8-15-4-3-5-17(20)12-15)11-9-16-6-7-19(24)18(13-16)21-14-23/h3-7,12-14,24H,2,8-11,20H2,1H3,(H,21,23). The number of amides is 1. The minimum atomic E-state index is 0.0832. The first-order valence-electron chi connectivity index (χ1n) is 8.21. The molecule has 0 saturated heterocycles. The van der Waals surface area contributed by atoms with Crippen molar-refractivity contribution in [3.8, 4) is 5.75 Å². The molecule has 128 valence electrons. The molecule has 2 aromatic carbocycles. The first kappa shape index (κ1) is 17.8. The molecule has 0 radical (unpaired) electrons. The monoisotopic (exact) mass is 327 g/mol. The van der Waals surface area contributed by atoms with Crippen molar-refractivity contribution < 1.29 is 9.90 Å². The van der Waals surface area contributed by atoms with Crippen molar-refractivity contribution in [3.05, 3.63) is 53.6 Å². The van der Waals surface area contributed by atoms with Gasteiger partial charge in [-0.2, -0.15) is 0 Å². The average molecular weight is 327 g/mol. The minimum absolute atomic E-state index is 0.0832. The summed E-state index contributed by atoms with van der Waals surface area (Å²) in [6.45, 7) is 5.01. The zero-order chi connectivity index (χ0) is 17.4. The first-order valence-corrected chi connectivity index (χ1v) is 8.21. The lowest BCUT2D eigenvalue weighted by Crippen LogP contribution is -2.28. The van der Waals surface area contributed by atoms with Crippen LogP contribution in [0.5, 0.6) is 5.75 Å². The fraction of sp³-hybridized carbons (Fsp3) is 0.316. The fourth-order valence-electron chi connectivity index (χ4n) is 2.67. The van der Waals surface area contributed by atoms with Gasteiger partial charge in [-0.15, -0.1) is 0 Å². The van der Waals surface area contributed by atoms with E-state index in [0.717, 1.165) is 43.7 Å². The number of phenols is 1. The molecule has 5 heteroatoms. The maximum Gasteiger partial charge on any atom is 0.211 e. The lowest BCUT2D eigenvalue weighted by atomic mass is 10.1. The molecule has 0 aliphatic rings. The van der Waals surface area contributed by atoms with Crippen LogP contribution in [0.1, 0.15) is 18.1 Å². The van der Waals surface area contributed by atoms with E-state index in [1.807, 2.05) is 30.3 Å². The maximum atomic E-state index is 10.6. The molecule has 0 bridgehead atoms. The Kier molecular flexibility index (Phi) is 6.63. The van der Waals surface area contributed by atoms with Crippen molar-refractivity contribution in [2.24, 2.45) is 0 Å². The number of carbonyl (C=O) groups is 1. The SMILES string of the molecule is CCN(CCc1cccc(N)c1)CCc1ccc(O)c(NC=O)c1. The number of benzene rings is 2. The van der Waals surface area contributed by atoms with E-state index in [0.29, 0.717) is 12.1 Å². The highest BCUT2D eigenvalue weighted by Crippen LogP contribution is 2.23. The van der Waals surface area contributed by atoms with Crippen LogP contribution in [0.2, 0.25) is 0 Å². The summed E-state index contributed by atoms with van der Waals surface area (Å²) >= 11 is 0. The summed E-state index contributed by atoms with van der Waals surface area (Å²) < 4.78 is 0. The summed E-state index contributed by atoms with van der Waals surface area (Å²) in [5, 5.41) is 12.2. The van der Waals surface area contributed by atoms with Crippen LogP contribution in [0.15, 0.2) is 42.5 Å². The van der Waals surface area contributed by atoms with Gasteiger partial charge in [0.2, 0.25) is 6.41 Å². The smallest absolute Gasteiger partial charge is 0.211 e. The van der Waals surface area contributed by atoms with Crippen LogP contribution >= 0.6 is 0 Å². The molecule has 0 aliphatic heterocycles. The van der Waals surface area contributed by atoms with Crippen molar-refractivity contribution in [1.82, 2.24) is 4.90 Å². The summed E-state index contributed by atoms with van der Waals surface area (Å²) in [5.41, 5.74) is 9.40. The predicted molar refractivity (Wildman–Crippen MR) is 98.2 cm³/mol. The number of aromatic hydroxyl groups is 1. The van der Waals surface area contributed by atoms with E-state index < -0.39 is 0 Å². The summed E-state index contributed by atoms with van der Waals surface area (Å²) in [7, 11) is 0. The molecular weight excluding hydrogens is 302 g/mol. The van der Waals surface area contributed by atoms with Gasteiger partial charge in [0.25, 0.3) is 0 Å². The quantitative estimate of drug-likeness (QED) is 0.376. The van der Waals surface area contributed by atoms with Gasteiger partial charge in [-0.1, -0.05) is 25.1 Å². The van der Waals surface area contributed by atoms with Crippen LogP contribution in [-0.2, 0) is 17.6 Å². The van der Waals surface area contributed by atoms with E-state index in [1.54, 1.807) is 6.07 Å². The first-order chi connectivity index (χ1) is 11.6. The Morgan fingerprint density at radius 1 is 1.12 bits per heavy atom. The molecule has 4 N–H and O–H groups in total. The lowest BCUT2D eigenvalue weighted by Gasteiger charge is -2.20. The maximum absolute atomic E-state index is 10.6. The molecule has 24 heavy (non-hydrogen) atoms. The molecule has 2 aromatic rings. The lowest BCUT2D eigenvalue weighted by molar-refractivity contribution is -0.105. The molecule has 0 spiro atoms. The number of anilines is 2. The Balaban J connectivity index is 1.89. The largest absolute Gasteiger partial charge is 0.506 e. The summed E-state index contributed by atoms with van der Waals surface area (Å²) in [5.74, 6) is 0.0832. The Morgan fingerprint density at radius 2 is 1.83 bits per heavy atom. The Hall–Kier alpha value is -2.53. The number of nitrogen functional groups attached to an aromatic ring is 1. The van der Waals surface area contributed by atoms with Gasteiger partial charge in [-0.25, -0.2) is 0 Å². The van der Waals surface area contributed by atoms with E-state index in [4.69, 9.17) is 5.73 Å². The minimum Gasteiger partial charge on any atom is -0.506 e. The van der Waals surface area contributed by atoms with Gasteiger partial charge in [0.15, 0.2) is 0 Å². The molecule has 0 saturated carbocycles. The van der Waals surface area contributed by atoms with Gasteiger partial charge in [-0.3, -0.25) is 4.79 Å². The second kappa shape index (κ2) is 8.93. The highest BCUT2D eigenvalue weighted by Gasteiger charge is 2.06. The van der Waals surface area contributed by atoms with Crippen molar-refractivity contribution >= 4 is 17.8 Å². The normalized spacial score (nSPS) is 10.8. The van der Waals surface area contributed by atoms with Gasteiger partial charge in [0.1, 0.15) is 5.75 Å². The number of likely N-dealkylation sites (N-methyl/N-ethyl adjacent to an activating group) is 1. The third-order valence-electron chi connectivity index (χ3n) is 4.11. The van der Waals surface area contributed by atoms with Crippen molar-refractivity contribution in [3.63, 3.8) is 0 Å². The molecule has 0 heterocycles. The number of hydrogen-bond donors (Lipinski definition) is 3. The highest BCUT2D eigenvalue weighted by atomic mass is 16.3. The molecule has 1 amide bonds. The summed E-state index contributed by atoms with van der Waals surface area (Å²) in [6, 6.07) is 13.3. The Bertz CT molecular complexity index is 673. The molecule has 0 unspecified atom stereocenters. The second-order valence-electron chi connectivity index (χ2n) is 5.79. The fourth-order valence-corrected chi connectivity index (χ4v) is 2.67. The Labute approximate surface area is 143 Å². The third-order valence-corrected chi connectivity index (χ3v) is 4.11. The second-order valence-corrected chi connectivity index (χ2v) is 5.79. The van der Waals surface area contributed by atoms with Crippen molar-refractivity contribution in [1.29, 1.82) is 0 Å². The van der Waals surface area contributed by atoms with Crippen LogP contribution in [0, 0.1) is 0 Å². The molecule has 0 fully saturated rings. The number of rotatable bonds is 9. The number of nitrogens with one attached hydrogen (secondary N) is 1. The zero-order valence-corrected chi connectivity index (χ0v) is 14.0. The van der Waals surface area contributed by atoms with E-state index in [2.05, 4.69) is 23.2 Å². The molecular formula is C19H25N3O2. The van der Waals surface area contributed by atoms with Gasteiger partial charge in [0, 0.05) is 18.8 Å². The average Bonchev–Trinajstić information content (AvgIpc) is 2.58. The van der Waals surface area contributed by atoms with Gasteiger partial charge in [-0.05, 0) is 54.8 Å². The number of nitrogens with zero attached hydrogens (tertiary/aromatic N) is 1. The van der Waals surface area contributed by atoms with Crippen LogP contribution in [0.3, 0.4) is 0 Å². The van der Waals surface area contributed by atoms with Gasteiger partial charge >= 0.3 is 0 Å². The van der Waals surface area contributed by atoms with E-state index in [1.165, 1.54) is 5.56 Å². The van der Waals surface area contributed by atoms with Crippen LogP contribution in [0.4, 0.5) is 11.4 Å². The molecule has 0 aliphatic carbocycles. The van der Waals surface area contributed by atoms with Crippen LogP contribution < -0.4 is 11.1 Å². The van der Waals surface area contributed by atoms with Gasteiger partial charge in [0.05, 0.1) is 5.69 Å². The van der Waals surface area contributed by atoms with E-state index in [-0.39, 0.29) is 5.75 Å². The third kappa shape index (κ3) is 5.28. The van der Waals surface area contributed by atoms with Crippen molar-refractivity contribution in [2.45, 2.75) is 19.8 Å². The topological polar surface area (TPSA) is 78.6 Å². The molecule has 5 nitrogen and oxygen atoms in total. The predicted octanol–water partition coefficient (Wildman–Crippen LogP) is 2.65. The molecule has 2 rings (SSSR count). The summed E-state index contributed by atoms with van der Waals surface area (Å²) in [4.78, 5) is 12.9. The van der Waals surface area contributed by atoms with Crippen molar-refractivity contribution in [2.75, 3.05) is 30.7 Å². The van der Waals surface area contributed by atoms with Gasteiger partial charge < -0.3 is 21.1 Å². The van der Waals surface area contributed by atoms with Crippen LogP contribution in [-0.4, -0.2) is 36.1 Å². The number of hydrogen-bond acceptors (Lipinski definition) is 4. The number of carbonyl (C=O) groups excluding carboxylic acids is 1. The molecule has 0 atom stereocenters. The number of nitrogens with two attached hydrogens (primary N) is 1. The summed E-state index contributed by atoms with van der Waals surface area (Å²) in [6.07, 6.45) is 2.40.